The van der Waals surface area contributed by atoms with Crippen LogP contribution in [-0.4, -0.2) is 23.3 Å². The first-order chi connectivity index (χ1) is 12.2. The summed E-state index contributed by atoms with van der Waals surface area (Å²) in [5.74, 6) is 0.765. The Hall–Kier alpha value is -2.08. The van der Waals surface area contributed by atoms with Gasteiger partial charge in [0.15, 0.2) is 0 Å². The van der Waals surface area contributed by atoms with Crippen LogP contribution in [0.3, 0.4) is 0 Å². The normalized spacial score (nSPS) is 10.5. The minimum Gasteiger partial charge on any atom is -0.477 e. The first-order valence-electron chi connectivity index (χ1n) is 8.41. The fourth-order valence-corrected chi connectivity index (χ4v) is 2.99. The molecule has 0 spiro atoms. The van der Waals surface area contributed by atoms with Crippen LogP contribution in [0.4, 0.5) is 4.39 Å². The van der Waals surface area contributed by atoms with Crippen molar-refractivity contribution in [2.45, 2.75) is 37.6 Å². The van der Waals surface area contributed by atoms with Gasteiger partial charge in [0.25, 0.3) is 0 Å². The second kappa shape index (κ2) is 10.7. The van der Waals surface area contributed by atoms with E-state index in [1.807, 2.05) is 12.1 Å². The van der Waals surface area contributed by atoms with Gasteiger partial charge in [-0.3, -0.25) is 4.79 Å². The third kappa shape index (κ3) is 6.74. The first-order valence-corrected chi connectivity index (χ1v) is 9.40. The van der Waals surface area contributed by atoms with Crippen molar-refractivity contribution >= 4 is 17.7 Å². The van der Waals surface area contributed by atoms with Crippen LogP contribution in [-0.2, 0) is 11.3 Å². The molecule has 0 saturated carbocycles. The van der Waals surface area contributed by atoms with Crippen LogP contribution in [0.25, 0.3) is 0 Å². The Bertz CT molecular complexity index is 682. The van der Waals surface area contributed by atoms with Crippen molar-refractivity contribution in [3.05, 3.63) is 54.0 Å². The van der Waals surface area contributed by atoms with Crippen molar-refractivity contribution in [2.24, 2.45) is 0 Å². The molecule has 0 saturated heterocycles. The SMILES string of the molecule is CCCCOc1ncccc1CNC(=O)CCSc1ccccc1F. The van der Waals surface area contributed by atoms with Gasteiger partial charge in [-0.25, -0.2) is 9.37 Å². The molecule has 4 nitrogen and oxygen atoms in total. The summed E-state index contributed by atoms with van der Waals surface area (Å²) in [5.41, 5.74) is 0.855. The van der Waals surface area contributed by atoms with Gasteiger partial charge in [0.2, 0.25) is 11.8 Å². The predicted molar refractivity (Wildman–Crippen MR) is 98.2 cm³/mol. The number of benzene rings is 1. The first kappa shape index (κ1) is 19.2. The number of hydrogen-bond donors (Lipinski definition) is 1. The Kier molecular flexibility index (Phi) is 8.25. The third-order valence-corrected chi connectivity index (χ3v) is 4.54. The number of rotatable bonds is 10. The Morgan fingerprint density at radius 3 is 2.92 bits per heavy atom. The molecule has 1 aromatic heterocycles. The predicted octanol–water partition coefficient (Wildman–Crippen LogP) is 4.20. The molecule has 2 aromatic rings. The summed E-state index contributed by atoms with van der Waals surface area (Å²) in [6.45, 7) is 3.09. The van der Waals surface area contributed by atoms with E-state index in [0.717, 1.165) is 18.4 Å². The molecule has 0 radical (unpaired) electrons. The van der Waals surface area contributed by atoms with Crippen molar-refractivity contribution < 1.29 is 13.9 Å². The van der Waals surface area contributed by atoms with Crippen molar-refractivity contribution in [1.29, 1.82) is 0 Å². The standard InChI is InChI=1S/C19H23FN2O2S/c1-2-3-12-24-19-15(7-6-11-21-19)14-22-18(23)10-13-25-17-9-5-4-8-16(17)20/h4-9,11H,2-3,10,12-14H2,1H3,(H,22,23). The van der Waals surface area contributed by atoms with Crippen molar-refractivity contribution in [3.8, 4) is 5.88 Å². The van der Waals surface area contributed by atoms with Gasteiger partial charge in [-0.1, -0.05) is 31.5 Å². The number of nitrogens with zero attached hydrogens (tertiary/aromatic N) is 1. The van der Waals surface area contributed by atoms with E-state index in [1.54, 1.807) is 24.4 Å². The molecule has 6 heteroatoms. The number of carbonyl (C=O) groups excluding carboxylic acids is 1. The number of halogens is 1. The summed E-state index contributed by atoms with van der Waals surface area (Å²) in [5, 5.41) is 2.86. The van der Waals surface area contributed by atoms with E-state index in [-0.39, 0.29) is 11.7 Å². The van der Waals surface area contributed by atoms with Gasteiger partial charge in [-0.15, -0.1) is 11.8 Å². The Morgan fingerprint density at radius 2 is 2.12 bits per heavy atom. The molecule has 134 valence electrons. The van der Waals surface area contributed by atoms with Crippen LogP contribution in [0.15, 0.2) is 47.5 Å². The van der Waals surface area contributed by atoms with Crippen LogP contribution < -0.4 is 10.1 Å². The number of nitrogens with one attached hydrogen (secondary N) is 1. The summed E-state index contributed by atoms with van der Waals surface area (Å²) in [6.07, 6.45) is 4.02. The van der Waals surface area contributed by atoms with E-state index in [1.165, 1.54) is 17.8 Å². The molecule has 0 aliphatic carbocycles. The molecule has 0 bridgehead atoms. The van der Waals surface area contributed by atoms with Crippen LogP contribution in [0.1, 0.15) is 31.7 Å². The lowest BCUT2D eigenvalue weighted by atomic mass is 10.2. The zero-order valence-electron chi connectivity index (χ0n) is 14.3. The Labute approximate surface area is 152 Å². The number of thioether (sulfide) groups is 1. The highest BCUT2D eigenvalue weighted by Gasteiger charge is 2.08. The fraction of sp³-hybridized carbons (Fsp3) is 0.368. The number of carbonyl (C=O) groups is 1. The number of unbranched alkanes of at least 4 members (excludes halogenated alkanes) is 1. The molecule has 1 heterocycles. The lowest BCUT2D eigenvalue weighted by Gasteiger charge is -2.11. The lowest BCUT2D eigenvalue weighted by molar-refractivity contribution is -0.120. The summed E-state index contributed by atoms with van der Waals surface area (Å²) in [6, 6.07) is 10.3. The second-order valence-electron chi connectivity index (χ2n) is 5.48. The third-order valence-electron chi connectivity index (χ3n) is 3.49. The van der Waals surface area contributed by atoms with E-state index in [2.05, 4.69) is 17.2 Å². The Balaban J connectivity index is 1.75. The topological polar surface area (TPSA) is 51.2 Å². The van der Waals surface area contributed by atoms with Gasteiger partial charge in [0.05, 0.1) is 6.61 Å². The van der Waals surface area contributed by atoms with Crippen molar-refractivity contribution in [3.63, 3.8) is 0 Å². The van der Waals surface area contributed by atoms with E-state index >= 15 is 0 Å². The molecule has 0 atom stereocenters. The minimum absolute atomic E-state index is 0.0767. The minimum atomic E-state index is -0.253. The second-order valence-corrected chi connectivity index (χ2v) is 6.61. The molecule has 2 rings (SSSR count). The van der Waals surface area contributed by atoms with E-state index in [0.29, 0.717) is 36.1 Å². The smallest absolute Gasteiger partial charge is 0.221 e. The maximum absolute atomic E-state index is 13.5. The summed E-state index contributed by atoms with van der Waals surface area (Å²) in [7, 11) is 0. The highest BCUT2D eigenvalue weighted by atomic mass is 32.2. The molecule has 0 fully saturated rings. The average molecular weight is 362 g/mol. The largest absolute Gasteiger partial charge is 0.477 e. The molecule has 25 heavy (non-hydrogen) atoms. The summed E-state index contributed by atoms with van der Waals surface area (Å²) >= 11 is 1.34. The summed E-state index contributed by atoms with van der Waals surface area (Å²) in [4.78, 5) is 16.8. The van der Waals surface area contributed by atoms with Crippen molar-refractivity contribution in [1.82, 2.24) is 10.3 Å². The number of aromatic nitrogens is 1. The molecule has 1 amide bonds. The highest BCUT2D eigenvalue weighted by molar-refractivity contribution is 7.99. The molecular weight excluding hydrogens is 339 g/mol. The molecule has 1 N–H and O–H groups in total. The molecule has 0 unspecified atom stereocenters. The maximum Gasteiger partial charge on any atom is 0.221 e. The highest BCUT2D eigenvalue weighted by Crippen LogP contribution is 2.21. The van der Waals surface area contributed by atoms with Gasteiger partial charge >= 0.3 is 0 Å². The van der Waals surface area contributed by atoms with Gasteiger partial charge in [-0.2, -0.15) is 0 Å². The quantitative estimate of drug-likeness (QED) is 0.508. The number of ether oxygens (including phenoxy) is 1. The average Bonchev–Trinajstić information content (AvgIpc) is 2.63. The Morgan fingerprint density at radius 1 is 1.28 bits per heavy atom. The number of amides is 1. The van der Waals surface area contributed by atoms with Crippen molar-refractivity contribution in [2.75, 3.05) is 12.4 Å². The fourth-order valence-electron chi connectivity index (χ4n) is 2.10. The van der Waals surface area contributed by atoms with Crippen LogP contribution in [0.5, 0.6) is 5.88 Å². The van der Waals surface area contributed by atoms with Gasteiger partial charge in [0, 0.05) is 35.4 Å². The van der Waals surface area contributed by atoms with Gasteiger partial charge in [-0.05, 0) is 24.6 Å². The van der Waals surface area contributed by atoms with E-state index < -0.39 is 0 Å². The zero-order valence-corrected chi connectivity index (χ0v) is 15.2. The van der Waals surface area contributed by atoms with Crippen LogP contribution in [0.2, 0.25) is 0 Å². The van der Waals surface area contributed by atoms with Crippen LogP contribution >= 0.6 is 11.8 Å². The molecule has 0 aliphatic rings. The maximum atomic E-state index is 13.5. The molecule has 0 aliphatic heterocycles. The molecular formula is C19H23FN2O2S. The zero-order chi connectivity index (χ0) is 17.9. The van der Waals surface area contributed by atoms with Crippen LogP contribution in [0, 0.1) is 5.82 Å². The number of pyridine rings is 1. The van der Waals surface area contributed by atoms with E-state index in [9.17, 15) is 9.18 Å². The number of hydrogen-bond acceptors (Lipinski definition) is 4. The summed E-state index contributed by atoms with van der Waals surface area (Å²) < 4.78 is 19.2. The molecule has 1 aromatic carbocycles. The van der Waals surface area contributed by atoms with Gasteiger partial charge in [0.1, 0.15) is 5.82 Å². The lowest BCUT2D eigenvalue weighted by Crippen LogP contribution is -2.23. The monoisotopic (exact) mass is 362 g/mol. The van der Waals surface area contributed by atoms with E-state index in [4.69, 9.17) is 4.74 Å². The van der Waals surface area contributed by atoms with Gasteiger partial charge < -0.3 is 10.1 Å².